The van der Waals surface area contributed by atoms with Gasteiger partial charge in [0.25, 0.3) is 0 Å². The van der Waals surface area contributed by atoms with Crippen molar-refractivity contribution in [3.8, 4) is 6.07 Å². The maximum Gasteiger partial charge on any atom is 0.116 e. The zero-order valence-corrected chi connectivity index (χ0v) is 13.2. The number of hydrogen-bond donors (Lipinski definition) is 0. The monoisotopic (exact) mass is 289 g/mol. The van der Waals surface area contributed by atoms with Gasteiger partial charge in [-0.2, -0.15) is 5.26 Å². The second-order valence-electron chi connectivity index (χ2n) is 4.96. The molecule has 2 aliphatic rings. The van der Waals surface area contributed by atoms with Crippen molar-refractivity contribution in [1.82, 2.24) is 0 Å². The van der Waals surface area contributed by atoms with Crippen LogP contribution >= 0.6 is 23.5 Å². The molecule has 4 heteroatoms. The van der Waals surface area contributed by atoms with Crippen LogP contribution in [0.15, 0.2) is 0 Å². The Kier molecular flexibility index (Phi) is 7.48. The third-order valence-electron chi connectivity index (χ3n) is 3.45. The summed E-state index contributed by atoms with van der Waals surface area (Å²) in [6.07, 6.45) is 1.52. The molecule has 0 bridgehead atoms. The van der Waals surface area contributed by atoms with Crippen LogP contribution in [0.1, 0.15) is 40.0 Å². The van der Waals surface area contributed by atoms with Crippen LogP contribution in [0, 0.1) is 29.1 Å². The minimum atomic E-state index is -0.885. The van der Waals surface area contributed by atoms with Crippen LogP contribution in [0.5, 0.6) is 0 Å². The summed E-state index contributed by atoms with van der Waals surface area (Å²) in [6.45, 7) is 6.28. The summed E-state index contributed by atoms with van der Waals surface area (Å²) in [4.78, 5) is 0. The zero-order valence-electron chi connectivity index (χ0n) is 11.6. The van der Waals surface area contributed by atoms with Crippen molar-refractivity contribution in [2.24, 2.45) is 17.8 Å². The summed E-state index contributed by atoms with van der Waals surface area (Å²) in [5.41, 5.74) is 0. The molecule has 0 aromatic carbocycles. The van der Waals surface area contributed by atoms with Gasteiger partial charge in [0.15, 0.2) is 0 Å². The predicted molar refractivity (Wildman–Crippen MR) is 80.6 cm³/mol. The quantitative estimate of drug-likeness (QED) is 0.697. The first-order chi connectivity index (χ1) is 8.70. The van der Waals surface area contributed by atoms with Crippen molar-refractivity contribution in [3.05, 3.63) is 0 Å². The fourth-order valence-corrected chi connectivity index (χ4v) is 5.74. The van der Waals surface area contributed by atoms with Gasteiger partial charge < -0.3 is 0 Å². The number of nitrogens with zero attached hydrogens (tertiary/aromatic N) is 1. The molecule has 1 saturated heterocycles. The molecule has 0 spiro atoms. The number of thioether (sulfide) groups is 2. The Morgan fingerprint density at radius 2 is 1.78 bits per heavy atom. The van der Waals surface area contributed by atoms with Crippen molar-refractivity contribution >= 4 is 23.5 Å². The fraction of sp³-hybridized carbons (Fsp3) is 0.929. The van der Waals surface area contributed by atoms with Gasteiger partial charge in [-0.25, -0.2) is 4.39 Å². The SMILES string of the molecule is CC.CC1CSC(C2CCC(C#N)C(F)C2)SC1. The van der Waals surface area contributed by atoms with E-state index in [9.17, 15) is 4.39 Å². The average Bonchev–Trinajstić information content (AvgIpc) is 2.42. The number of alkyl halides is 1. The molecular weight excluding hydrogens is 265 g/mol. The minimum Gasteiger partial charge on any atom is -0.246 e. The molecule has 0 amide bonds. The van der Waals surface area contributed by atoms with E-state index in [1.165, 1.54) is 11.5 Å². The average molecular weight is 289 g/mol. The van der Waals surface area contributed by atoms with Crippen molar-refractivity contribution in [1.29, 1.82) is 5.26 Å². The summed E-state index contributed by atoms with van der Waals surface area (Å²) in [7, 11) is 0. The van der Waals surface area contributed by atoms with Crippen molar-refractivity contribution in [2.75, 3.05) is 11.5 Å². The highest BCUT2D eigenvalue weighted by Gasteiger charge is 2.36. The number of hydrogen-bond acceptors (Lipinski definition) is 3. The van der Waals surface area contributed by atoms with Crippen molar-refractivity contribution in [3.63, 3.8) is 0 Å². The molecule has 1 aliphatic carbocycles. The molecular formula is C14H24FNS2. The Morgan fingerprint density at radius 3 is 2.28 bits per heavy atom. The fourth-order valence-electron chi connectivity index (χ4n) is 2.43. The van der Waals surface area contributed by atoms with Gasteiger partial charge in [-0.3, -0.25) is 0 Å². The van der Waals surface area contributed by atoms with E-state index in [2.05, 4.69) is 13.0 Å². The summed E-state index contributed by atoms with van der Waals surface area (Å²) in [5.74, 6) is 3.37. The Bertz CT molecular complexity index is 271. The van der Waals surface area contributed by atoms with Crippen molar-refractivity contribution in [2.45, 2.75) is 50.8 Å². The Labute approximate surface area is 119 Å². The number of rotatable bonds is 1. The van der Waals surface area contributed by atoms with E-state index in [-0.39, 0.29) is 5.92 Å². The van der Waals surface area contributed by atoms with Gasteiger partial charge in [0.1, 0.15) is 6.17 Å². The van der Waals surface area contributed by atoms with Gasteiger partial charge in [-0.15, -0.1) is 23.5 Å². The Morgan fingerprint density at radius 1 is 1.17 bits per heavy atom. The first-order valence-electron chi connectivity index (χ1n) is 6.97. The molecule has 104 valence electrons. The van der Waals surface area contributed by atoms with E-state index in [1.54, 1.807) is 0 Å². The minimum absolute atomic E-state index is 0.339. The lowest BCUT2D eigenvalue weighted by molar-refractivity contribution is 0.164. The first kappa shape index (κ1) is 16.2. The predicted octanol–water partition coefficient (Wildman–Crippen LogP) is 4.73. The molecule has 2 fully saturated rings. The van der Waals surface area contributed by atoms with Gasteiger partial charge in [0.2, 0.25) is 0 Å². The topological polar surface area (TPSA) is 23.8 Å². The number of halogens is 1. The van der Waals surface area contributed by atoms with E-state index in [4.69, 9.17) is 5.26 Å². The molecule has 3 atom stereocenters. The van der Waals surface area contributed by atoms with Gasteiger partial charge >= 0.3 is 0 Å². The largest absolute Gasteiger partial charge is 0.246 e. The summed E-state index contributed by atoms with van der Waals surface area (Å²) >= 11 is 4.00. The smallest absolute Gasteiger partial charge is 0.116 e. The highest BCUT2D eigenvalue weighted by atomic mass is 32.2. The normalized spacial score (nSPS) is 40.3. The third kappa shape index (κ3) is 4.35. The van der Waals surface area contributed by atoms with Crippen LogP contribution in [0.25, 0.3) is 0 Å². The van der Waals surface area contributed by atoms with Crippen molar-refractivity contribution < 1.29 is 4.39 Å². The van der Waals surface area contributed by atoms with Crippen LogP contribution in [0.3, 0.4) is 0 Å². The lowest BCUT2D eigenvalue weighted by atomic mass is 9.82. The van der Waals surface area contributed by atoms with Crippen LogP contribution in [-0.4, -0.2) is 22.3 Å². The molecule has 0 aromatic rings. The molecule has 2 rings (SSSR count). The van der Waals surface area contributed by atoms with Crippen LogP contribution in [0.4, 0.5) is 4.39 Å². The molecule has 18 heavy (non-hydrogen) atoms. The molecule has 1 aliphatic heterocycles. The van der Waals surface area contributed by atoms with Gasteiger partial charge in [-0.05, 0) is 42.6 Å². The highest BCUT2D eigenvalue weighted by Crippen LogP contribution is 2.44. The second-order valence-corrected chi connectivity index (χ2v) is 7.61. The lowest BCUT2D eigenvalue weighted by Gasteiger charge is -2.36. The van der Waals surface area contributed by atoms with Crippen LogP contribution < -0.4 is 0 Å². The van der Waals surface area contributed by atoms with Gasteiger partial charge in [-0.1, -0.05) is 20.8 Å². The van der Waals surface area contributed by atoms with Crippen LogP contribution in [0.2, 0.25) is 0 Å². The standard InChI is InChI=1S/C12H18FNS2.C2H6/c1-8-6-15-12(16-7-8)9-2-3-10(5-14)11(13)4-9;1-2/h8-12H,2-4,6-7H2,1H3;1-2H3. The molecule has 3 unspecified atom stereocenters. The highest BCUT2D eigenvalue weighted by molar-refractivity contribution is 8.17. The molecule has 1 saturated carbocycles. The second kappa shape index (κ2) is 8.32. The van der Waals surface area contributed by atoms with Gasteiger partial charge in [0, 0.05) is 0 Å². The maximum atomic E-state index is 13.7. The van der Waals surface area contributed by atoms with E-state index < -0.39 is 6.17 Å². The number of nitriles is 1. The summed E-state index contributed by atoms with van der Waals surface area (Å²) in [5, 5.41) is 8.79. The molecule has 1 heterocycles. The third-order valence-corrected chi connectivity index (χ3v) is 7.22. The Hall–Kier alpha value is 0.120. The zero-order chi connectivity index (χ0) is 13.5. The molecule has 0 aromatic heterocycles. The molecule has 0 N–H and O–H groups in total. The van der Waals surface area contributed by atoms with E-state index in [0.29, 0.717) is 16.9 Å². The molecule has 0 radical (unpaired) electrons. The molecule has 1 nitrogen and oxygen atoms in total. The Balaban J connectivity index is 0.000000771. The lowest BCUT2D eigenvalue weighted by Crippen LogP contribution is -2.31. The van der Waals surface area contributed by atoms with E-state index >= 15 is 0 Å². The summed E-state index contributed by atoms with van der Waals surface area (Å²) < 4.78 is 14.3. The summed E-state index contributed by atoms with van der Waals surface area (Å²) in [6, 6.07) is 2.10. The van der Waals surface area contributed by atoms with Crippen LogP contribution in [-0.2, 0) is 0 Å². The first-order valence-corrected chi connectivity index (χ1v) is 9.07. The van der Waals surface area contributed by atoms with Gasteiger partial charge in [0.05, 0.1) is 16.6 Å². The maximum absolute atomic E-state index is 13.7. The van der Waals surface area contributed by atoms with E-state index in [0.717, 1.165) is 18.8 Å². The van der Waals surface area contributed by atoms with E-state index in [1.807, 2.05) is 37.4 Å².